The largest absolute Gasteiger partial charge is 0.334 e. The van der Waals surface area contributed by atoms with Gasteiger partial charge in [-0.25, -0.2) is 13.4 Å². The number of sulfonamides is 1. The molecular weight excluding hydrogens is 324 g/mol. The maximum atomic E-state index is 13.1. The van der Waals surface area contributed by atoms with Crippen molar-refractivity contribution in [3.05, 3.63) is 47.5 Å². The van der Waals surface area contributed by atoms with Crippen LogP contribution in [0.15, 0.2) is 35.5 Å². The SMILES string of the molecule is Cc1cc(C#N)ccc1S(=O)(=O)N1CCC[C@@H]1Cn1ccnc1C. The highest BCUT2D eigenvalue weighted by atomic mass is 32.2. The van der Waals surface area contributed by atoms with Crippen LogP contribution >= 0.6 is 0 Å². The Bertz CT molecular complexity index is 896. The molecule has 1 saturated heterocycles. The minimum absolute atomic E-state index is 0.0713. The lowest BCUT2D eigenvalue weighted by molar-refractivity contribution is 0.350. The average Bonchev–Trinajstić information content (AvgIpc) is 3.17. The number of hydrogen-bond acceptors (Lipinski definition) is 4. The van der Waals surface area contributed by atoms with E-state index in [0.29, 0.717) is 24.2 Å². The lowest BCUT2D eigenvalue weighted by atomic mass is 10.2. The first-order valence-corrected chi connectivity index (χ1v) is 9.38. The molecule has 1 aromatic carbocycles. The van der Waals surface area contributed by atoms with Crippen LogP contribution in [0.25, 0.3) is 0 Å². The van der Waals surface area contributed by atoms with Crippen molar-refractivity contribution in [3.63, 3.8) is 0 Å². The molecule has 126 valence electrons. The third-order valence-electron chi connectivity index (χ3n) is 4.54. The number of rotatable bonds is 4. The molecule has 2 heterocycles. The second kappa shape index (κ2) is 6.38. The summed E-state index contributed by atoms with van der Waals surface area (Å²) in [7, 11) is -3.57. The molecule has 7 heteroatoms. The Kier molecular flexibility index (Phi) is 4.43. The fourth-order valence-electron chi connectivity index (χ4n) is 3.27. The minimum Gasteiger partial charge on any atom is -0.334 e. The zero-order chi connectivity index (χ0) is 17.3. The molecule has 1 aliphatic rings. The van der Waals surface area contributed by atoms with Crippen molar-refractivity contribution in [3.8, 4) is 6.07 Å². The van der Waals surface area contributed by atoms with E-state index >= 15 is 0 Å². The van der Waals surface area contributed by atoms with E-state index in [0.717, 1.165) is 18.7 Å². The van der Waals surface area contributed by atoms with Crippen molar-refractivity contribution in [1.29, 1.82) is 5.26 Å². The summed E-state index contributed by atoms with van der Waals surface area (Å²) in [5, 5.41) is 8.96. The summed E-state index contributed by atoms with van der Waals surface area (Å²) in [6.07, 6.45) is 5.30. The van der Waals surface area contributed by atoms with Crippen LogP contribution in [0.4, 0.5) is 0 Å². The predicted molar refractivity (Wildman–Crippen MR) is 89.8 cm³/mol. The molecule has 0 spiro atoms. The first-order chi connectivity index (χ1) is 11.4. The third-order valence-corrected chi connectivity index (χ3v) is 6.66. The van der Waals surface area contributed by atoms with E-state index in [2.05, 4.69) is 4.98 Å². The number of benzene rings is 1. The van der Waals surface area contributed by atoms with Gasteiger partial charge in [-0.05, 0) is 50.5 Å². The summed E-state index contributed by atoms with van der Waals surface area (Å²) in [5.41, 5.74) is 1.08. The molecule has 24 heavy (non-hydrogen) atoms. The smallest absolute Gasteiger partial charge is 0.243 e. The van der Waals surface area contributed by atoms with Crippen LogP contribution in [0.5, 0.6) is 0 Å². The monoisotopic (exact) mass is 344 g/mol. The van der Waals surface area contributed by atoms with Gasteiger partial charge in [0.15, 0.2) is 0 Å². The van der Waals surface area contributed by atoms with Gasteiger partial charge in [-0.1, -0.05) is 0 Å². The van der Waals surface area contributed by atoms with Gasteiger partial charge in [0.1, 0.15) is 5.82 Å². The van der Waals surface area contributed by atoms with Crippen molar-refractivity contribution in [2.45, 2.75) is 44.2 Å². The van der Waals surface area contributed by atoms with Gasteiger partial charge >= 0.3 is 0 Å². The molecule has 0 aliphatic carbocycles. The zero-order valence-corrected chi connectivity index (χ0v) is 14.6. The van der Waals surface area contributed by atoms with Gasteiger partial charge in [-0.3, -0.25) is 0 Å². The van der Waals surface area contributed by atoms with E-state index < -0.39 is 10.0 Å². The van der Waals surface area contributed by atoms with Gasteiger partial charge in [0.2, 0.25) is 10.0 Å². The van der Waals surface area contributed by atoms with Crippen LogP contribution < -0.4 is 0 Å². The van der Waals surface area contributed by atoms with Crippen molar-refractivity contribution in [2.75, 3.05) is 6.54 Å². The highest BCUT2D eigenvalue weighted by Crippen LogP contribution is 2.29. The fraction of sp³-hybridized carbons (Fsp3) is 0.412. The lowest BCUT2D eigenvalue weighted by Gasteiger charge is -2.25. The van der Waals surface area contributed by atoms with E-state index in [1.165, 1.54) is 0 Å². The Labute approximate surface area is 142 Å². The maximum absolute atomic E-state index is 13.1. The molecular formula is C17H20N4O2S. The van der Waals surface area contributed by atoms with E-state index in [-0.39, 0.29) is 10.9 Å². The molecule has 0 saturated carbocycles. The number of imidazole rings is 1. The fourth-order valence-corrected chi connectivity index (χ4v) is 5.16. The topological polar surface area (TPSA) is 79.0 Å². The summed E-state index contributed by atoms with van der Waals surface area (Å²) in [5.74, 6) is 0.883. The molecule has 0 unspecified atom stereocenters. The highest BCUT2D eigenvalue weighted by molar-refractivity contribution is 7.89. The van der Waals surface area contributed by atoms with E-state index in [1.807, 2.05) is 23.8 Å². The molecule has 6 nitrogen and oxygen atoms in total. The normalized spacial score (nSPS) is 18.6. The van der Waals surface area contributed by atoms with Crippen LogP contribution in [0.1, 0.15) is 29.8 Å². The second-order valence-corrected chi connectivity index (χ2v) is 7.99. The van der Waals surface area contributed by atoms with Crippen molar-refractivity contribution < 1.29 is 8.42 Å². The highest BCUT2D eigenvalue weighted by Gasteiger charge is 2.36. The number of nitrogens with zero attached hydrogens (tertiary/aromatic N) is 4. The Morgan fingerprint density at radius 1 is 1.38 bits per heavy atom. The van der Waals surface area contributed by atoms with Crippen LogP contribution in [-0.2, 0) is 16.6 Å². The molecule has 1 aliphatic heterocycles. The number of hydrogen-bond donors (Lipinski definition) is 0. The summed E-state index contributed by atoms with van der Waals surface area (Å²) in [4.78, 5) is 4.49. The van der Waals surface area contributed by atoms with Crippen molar-refractivity contribution in [2.24, 2.45) is 0 Å². The first-order valence-electron chi connectivity index (χ1n) is 7.94. The standard InChI is InChI=1S/C17H20N4O2S/c1-13-10-15(11-18)5-6-17(13)24(22,23)21-8-3-4-16(21)12-20-9-7-19-14(20)2/h5-7,9-10,16H,3-4,8,12H2,1-2H3/t16-/m1/s1. The number of nitriles is 1. The average molecular weight is 344 g/mol. The molecule has 2 aromatic rings. The Morgan fingerprint density at radius 2 is 2.17 bits per heavy atom. The minimum atomic E-state index is -3.57. The van der Waals surface area contributed by atoms with Gasteiger partial charge in [0.05, 0.1) is 16.5 Å². The summed E-state index contributed by atoms with van der Waals surface area (Å²) >= 11 is 0. The van der Waals surface area contributed by atoms with Crippen molar-refractivity contribution >= 4 is 10.0 Å². The molecule has 0 amide bonds. The van der Waals surface area contributed by atoms with E-state index in [4.69, 9.17) is 5.26 Å². The van der Waals surface area contributed by atoms with Crippen LogP contribution in [0.2, 0.25) is 0 Å². The quantitative estimate of drug-likeness (QED) is 0.852. The molecule has 0 radical (unpaired) electrons. The van der Waals surface area contributed by atoms with Gasteiger partial charge in [-0.15, -0.1) is 0 Å². The Hall–Kier alpha value is -2.17. The molecule has 1 aromatic heterocycles. The van der Waals surface area contributed by atoms with Crippen LogP contribution in [0, 0.1) is 25.2 Å². The molecule has 1 atom stereocenters. The lowest BCUT2D eigenvalue weighted by Crippen LogP contribution is -2.38. The molecule has 0 N–H and O–H groups in total. The third kappa shape index (κ3) is 2.95. The van der Waals surface area contributed by atoms with Crippen molar-refractivity contribution in [1.82, 2.24) is 13.9 Å². The molecule has 3 rings (SSSR count). The number of aromatic nitrogens is 2. The zero-order valence-electron chi connectivity index (χ0n) is 13.8. The number of aryl methyl sites for hydroxylation is 2. The maximum Gasteiger partial charge on any atom is 0.243 e. The van der Waals surface area contributed by atoms with Crippen LogP contribution in [-0.4, -0.2) is 34.9 Å². The molecule has 0 bridgehead atoms. The Balaban J connectivity index is 1.91. The second-order valence-electron chi connectivity index (χ2n) is 6.13. The van der Waals surface area contributed by atoms with E-state index in [9.17, 15) is 8.42 Å². The van der Waals surface area contributed by atoms with Gasteiger partial charge in [-0.2, -0.15) is 9.57 Å². The summed E-state index contributed by atoms with van der Waals surface area (Å²) < 4.78 is 29.8. The van der Waals surface area contributed by atoms with Crippen LogP contribution in [0.3, 0.4) is 0 Å². The predicted octanol–water partition coefficient (Wildman–Crippen LogP) is 2.22. The Morgan fingerprint density at radius 3 is 2.79 bits per heavy atom. The summed E-state index contributed by atoms with van der Waals surface area (Å²) in [6, 6.07) is 6.70. The van der Waals surface area contributed by atoms with E-state index in [1.54, 1.807) is 35.6 Å². The van der Waals surface area contributed by atoms with Gasteiger partial charge < -0.3 is 4.57 Å². The van der Waals surface area contributed by atoms with Gasteiger partial charge in [0.25, 0.3) is 0 Å². The summed E-state index contributed by atoms with van der Waals surface area (Å²) in [6.45, 7) is 4.79. The van der Waals surface area contributed by atoms with Gasteiger partial charge in [0, 0.05) is 31.5 Å². The molecule has 1 fully saturated rings. The first kappa shape index (κ1) is 16.7.